The molecule has 1 aromatic carbocycles. The van der Waals surface area contributed by atoms with Crippen molar-refractivity contribution in [3.05, 3.63) is 41.7 Å². The fourth-order valence-electron chi connectivity index (χ4n) is 2.70. The Balaban J connectivity index is 0.00000220. The van der Waals surface area contributed by atoms with Gasteiger partial charge in [-0.1, -0.05) is 17.7 Å². The average molecular weight is 351 g/mol. The van der Waals surface area contributed by atoms with E-state index in [1.807, 2.05) is 19.1 Å². The quantitative estimate of drug-likeness (QED) is 0.821. The molecule has 0 aromatic heterocycles. The van der Waals surface area contributed by atoms with Crippen molar-refractivity contribution in [2.24, 2.45) is 0 Å². The van der Waals surface area contributed by atoms with Gasteiger partial charge in [0.1, 0.15) is 0 Å². The van der Waals surface area contributed by atoms with Crippen molar-refractivity contribution in [2.45, 2.75) is 19.4 Å². The number of nitrogens with zero attached hydrogens (tertiary/aromatic N) is 1. The van der Waals surface area contributed by atoms with Crippen LogP contribution < -0.4 is 10.1 Å². The van der Waals surface area contributed by atoms with Crippen molar-refractivity contribution in [1.29, 1.82) is 0 Å². The van der Waals surface area contributed by atoms with Gasteiger partial charge in [0.2, 0.25) is 0 Å². The van der Waals surface area contributed by atoms with Gasteiger partial charge in [0.05, 0.1) is 7.11 Å². The van der Waals surface area contributed by atoms with Crippen LogP contribution in [-0.4, -0.2) is 38.2 Å². The largest absolute Gasteiger partial charge is 0.494 e. The summed E-state index contributed by atoms with van der Waals surface area (Å²) < 4.78 is 19.6. The Morgan fingerprint density at radius 1 is 1.36 bits per heavy atom. The summed E-state index contributed by atoms with van der Waals surface area (Å²) in [4.78, 5) is 2.32. The van der Waals surface area contributed by atoms with Crippen molar-refractivity contribution < 1.29 is 9.13 Å². The van der Waals surface area contributed by atoms with E-state index in [2.05, 4.69) is 16.8 Å². The second kappa shape index (κ2) is 10.1. The molecule has 1 aliphatic heterocycles. The van der Waals surface area contributed by atoms with Gasteiger partial charge in [0.15, 0.2) is 11.6 Å². The second-order valence-corrected chi connectivity index (χ2v) is 5.33. The van der Waals surface area contributed by atoms with Gasteiger partial charge in [-0.3, -0.25) is 4.90 Å². The normalized spacial score (nSPS) is 16.1. The van der Waals surface area contributed by atoms with E-state index in [-0.39, 0.29) is 36.7 Å². The third kappa shape index (κ3) is 5.13. The Morgan fingerprint density at radius 3 is 2.55 bits per heavy atom. The molecule has 0 saturated carbocycles. The fraction of sp³-hybridized carbons (Fsp3) is 0.500. The van der Waals surface area contributed by atoms with Gasteiger partial charge in [-0.25, -0.2) is 4.39 Å². The maximum atomic E-state index is 14.5. The zero-order valence-electron chi connectivity index (χ0n) is 13.1. The zero-order chi connectivity index (χ0) is 14.5. The smallest absolute Gasteiger partial charge is 0.169 e. The molecular formula is C16H25Cl2FN2O. The van der Waals surface area contributed by atoms with E-state index in [0.29, 0.717) is 11.3 Å². The number of benzene rings is 1. The van der Waals surface area contributed by atoms with Crippen LogP contribution in [0.5, 0.6) is 5.75 Å². The number of ether oxygens (including phenoxy) is 1. The molecule has 1 heterocycles. The first kappa shape index (κ1) is 21.2. The highest BCUT2D eigenvalue weighted by Crippen LogP contribution is 2.32. The van der Waals surface area contributed by atoms with Crippen molar-refractivity contribution in [3.63, 3.8) is 0 Å². The molecule has 1 saturated heterocycles. The van der Waals surface area contributed by atoms with Crippen LogP contribution in [0, 0.1) is 5.82 Å². The summed E-state index contributed by atoms with van der Waals surface area (Å²) in [5, 5.41) is 3.33. The molecule has 0 aliphatic carbocycles. The first-order chi connectivity index (χ1) is 9.63. The van der Waals surface area contributed by atoms with Crippen LogP contribution in [0.25, 0.3) is 0 Å². The number of nitrogens with one attached hydrogen (secondary N) is 1. The molecule has 22 heavy (non-hydrogen) atoms. The summed E-state index contributed by atoms with van der Waals surface area (Å²) in [6.07, 6.45) is 0.768. The third-order valence-electron chi connectivity index (χ3n) is 3.71. The molecule has 6 heteroatoms. The van der Waals surface area contributed by atoms with Crippen molar-refractivity contribution >= 4 is 24.8 Å². The lowest BCUT2D eigenvalue weighted by Crippen LogP contribution is -2.45. The van der Waals surface area contributed by atoms with E-state index in [1.165, 1.54) is 7.11 Å². The van der Waals surface area contributed by atoms with Gasteiger partial charge >= 0.3 is 0 Å². The molecule has 0 amide bonds. The van der Waals surface area contributed by atoms with Crippen LogP contribution >= 0.6 is 24.8 Å². The summed E-state index contributed by atoms with van der Waals surface area (Å²) in [7, 11) is 1.50. The van der Waals surface area contributed by atoms with Crippen LogP contribution in [0.15, 0.2) is 30.4 Å². The van der Waals surface area contributed by atoms with Crippen LogP contribution in [-0.2, 0) is 0 Å². The standard InChI is InChI=1S/C16H23FN2O.2ClH/c1-12(2)11-14(19-9-7-18-8-10-19)13-5-4-6-15(20-3)16(13)17;;/h4-6,14,18H,1,7-11H2,2-3H3;2*1H/t14-;;/m1../s1. The summed E-state index contributed by atoms with van der Waals surface area (Å²) in [6.45, 7) is 9.72. The Kier molecular flexibility index (Phi) is 9.69. The predicted molar refractivity (Wildman–Crippen MR) is 94.1 cm³/mol. The van der Waals surface area contributed by atoms with E-state index in [4.69, 9.17) is 4.74 Å². The van der Waals surface area contributed by atoms with Crippen molar-refractivity contribution in [2.75, 3.05) is 33.3 Å². The second-order valence-electron chi connectivity index (χ2n) is 5.33. The zero-order valence-corrected chi connectivity index (χ0v) is 14.7. The van der Waals surface area contributed by atoms with Gasteiger partial charge in [-0.15, -0.1) is 31.4 Å². The highest BCUT2D eigenvalue weighted by molar-refractivity contribution is 5.85. The number of hydrogen-bond acceptors (Lipinski definition) is 3. The third-order valence-corrected chi connectivity index (χ3v) is 3.71. The molecule has 0 radical (unpaired) electrons. The minimum absolute atomic E-state index is 0. The van der Waals surface area contributed by atoms with Crippen molar-refractivity contribution in [3.8, 4) is 5.75 Å². The minimum atomic E-state index is -0.250. The molecule has 1 aromatic rings. The Labute approximate surface area is 144 Å². The van der Waals surface area contributed by atoms with Gasteiger partial charge < -0.3 is 10.1 Å². The highest BCUT2D eigenvalue weighted by atomic mass is 35.5. The average Bonchev–Trinajstić information content (AvgIpc) is 2.46. The van der Waals surface area contributed by atoms with Crippen LogP contribution in [0.3, 0.4) is 0 Å². The van der Waals surface area contributed by atoms with Gasteiger partial charge in [-0.05, 0) is 19.4 Å². The molecule has 0 unspecified atom stereocenters. The Hall–Kier alpha value is -0.810. The topological polar surface area (TPSA) is 24.5 Å². The first-order valence-electron chi connectivity index (χ1n) is 7.05. The molecule has 126 valence electrons. The minimum Gasteiger partial charge on any atom is -0.494 e. The lowest BCUT2D eigenvalue weighted by atomic mass is 9.97. The lowest BCUT2D eigenvalue weighted by Gasteiger charge is -2.35. The molecule has 1 fully saturated rings. The van der Waals surface area contributed by atoms with Gasteiger partial charge in [0, 0.05) is 37.8 Å². The number of piperazine rings is 1. The molecule has 1 N–H and O–H groups in total. The van der Waals surface area contributed by atoms with Gasteiger partial charge in [0.25, 0.3) is 0 Å². The molecular weight excluding hydrogens is 326 g/mol. The number of methoxy groups -OCH3 is 1. The van der Waals surface area contributed by atoms with E-state index in [9.17, 15) is 4.39 Å². The molecule has 1 aliphatic rings. The summed E-state index contributed by atoms with van der Waals surface area (Å²) >= 11 is 0. The summed E-state index contributed by atoms with van der Waals surface area (Å²) in [6, 6.07) is 5.40. The Morgan fingerprint density at radius 2 is 2.00 bits per heavy atom. The Bertz CT molecular complexity index is 479. The van der Waals surface area contributed by atoms with E-state index in [1.54, 1.807) is 6.07 Å². The lowest BCUT2D eigenvalue weighted by molar-refractivity contribution is 0.168. The maximum absolute atomic E-state index is 14.5. The number of hydrogen-bond donors (Lipinski definition) is 1. The molecule has 2 rings (SSSR count). The van der Waals surface area contributed by atoms with Crippen molar-refractivity contribution in [1.82, 2.24) is 10.2 Å². The van der Waals surface area contributed by atoms with Crippen LogP contribution in [0.2, 0.25) is 0 Å². The molecule has 1 atom stereocenters. The van der Waals surface area contributed by atoms with E-state index in [0.717, 1.165) is 38.2 Å². The molecule has 3 nitrogen and oxygen atoms in total. The summed E-state index contributed by atoms with van der Waals surface area (Å²) in [5.74, 6) is 0.0594. The predicted octanol–water partition coefficient (Wildman–Crippen LogP) is 3.59. The monoisotopic (exact) mass is 350 g/mol. The van der Waals surface area contributed by atoms with E-state index < -0.39 is 0 Å². The van der Waals surface area contributed by atoms with E-state index >= 15 is 0 Å². The van der Waals surface area contributed by atoms with Gasteiger partial charge in [-0.2, -0.15) is 0 Å². The molecule has 0 bridgehead atoms. The first-order valence-corrected chi connectivity index (χ1v) is 7.05. The van der Waals surface area contributed by atoms with Crippen LogP contribution in [0.1, 0.15) is 24.9 Å². The van der Waals surface area contributed by atoms with Crippen LogP contribution in [0.4, 0.5) is 4.39 Å². The summed E-state index contributed by atoms with van der Waals surface area (Å²) in [5.41, 5.74) is 1.77. The maximum Gasteiger partial charge on any atom is 0.169 e. The highest BCUT2D eigenvalue weighted by Gasteiger charge is 2.25. The SMILES string of the molecule is C=C(C)C[C@H](c1cccc(OC)c1F)N1CCNCC1.Cl.Cl. The number of halogens is 3. The fourth-order valence-corrected chi connectivity index (χ4v) is 2.70. The molecule has 0 spiro atoms. The number of rotatable bonds is 5.